The molecule has 1 heterocycles. The Labute approximate surface area is 196 Å². The van der Waals surface area contributed by atoms with E-state index >= 15 is 0 Å². The molecule has 1 fully saturated rings. The van der Waals surface area contributed by atoms with Gasteiger partial charge in [-0.15, -0.1) is 0 Å². The Kier molecular flexibility index (Phi) is 7.88. The van der Waals surface area contributed by atoms with Gasteiger partial charge in [0, 0.05) is 30.2 Å². The Hall–Kier alpha value is -3.88. The number of hydrogen-bond acceptors (Lipinski definition) is 6. The minimum atomic E-state index is -0.953. The van der Waals surface area contributed by atoms with E-state index in [1.165, 1.54) is 31.3 Å². The predicted molar refractivity (Wildman–Crippen MR) is 121 cm³/mol. The van der Waals surface area contributed by atoms with Crippen molar-refractivity contribution in [2.45, 2.75) is 31.7 Å². The molecule has 0 aliphatic carbocycles. The molecule has 0 aromatic heterocycles. The van der Waals surface area contributed by atoms with Gasteiger partial charge in [0.1, 0.15) is 23.1 Å². The average molecular weight is 471 g/mol. The lowest BCUT2D eigenvalue weighted by molar-refractivity contribution is -0.140. The number of amides is 1. The van der Waals surface area contributed by atoms with E-state index in [1.807, 2.05) is 0 Å². The van der Waals surface area contributed by atoms with Crippen LogP contribution in [-0.4, -0.2) is 53.5 Å². The van der Waals surface area contributed by atoms with Crippen molar-refractivity contribution in [3.63, 3.8) is 0 Å². The van der Waals surface area contributed by atoms with E-state index in [0.717, 1.165) is 12.1 Å². The number of carbonyl (C=O) groups excluding carboxylic acids is 2. The number of rotatable bonds is 10. The number of likely N-dealkylation sites (tertiary alicyclic amines) is 1. The molecule has 1 aliphatic rings. The first-order valence-corrected chi connectivity index (χ1v) is 10.8. The third-order valence-electron chi connectivity index (χ3n) is 5.68. The van der Waals surface area contributed by atoms with Gasteiger partial charge in [-0.2, -0.15) is 0 Å². The van der Waals surface area contributed by atoms with E-state index in [2.05, 4.69) is 0 Å². The zero-order valence-electron chi connectivity index (χ0n) is 18.9. The zero-order valence-corrected chi connectivity index (χ0v) is 18.9. The topological polar surface area (TPSA) is 113 Å². The fourth-order valence-corrected chi connectivity index (χ4v) is 3.98. The summed E-state index contributed by atoms with van der Waals surface area (Å²) in [7, 11) is 2.93. The number of Topliss-reactive ketones (excluding diaryl/α,β-unsaturated/α-hetero) is 1. The van der Waals surface area contributed by atoms with Crippen molar-refractivity contribution in [2.24, 2.45) is 0 Å². The summed E-state index contributed by atoms with van der Waals surface area (Å²) in [6.07, 6.45) is 1.45. The lowest BCUT2D eigenvalue weighted by atomic mass is 9.94. The molecule has 1 aliphatic heterocycles. The number of aliphatic hydroxyl groups is 1. The molecular weight excluding hydrogens is 445 g/mol. The van der Waals surface area contributed by atoms with Crippen molar-refractivity contribution >= 4 is 23.4 Å². The molecule has 1 saturated heterocycles. The van der Waals surface area contributed by atoms with Crippen molar-refractivity contribution in [1.82, 2.24) is 4.90 Å². The maximum atomic E-state index is 13.4. The number of methoxy groups -OCH3 is 2. The summed E-state index contributed by atoms with van der Waals surface area (Å²) in [6, 6.07) is 8.92. The highest BCUT2D eigenvalue weighted by molar-refractivity contribution is 6.46. The maximum Gasteiger partial charge on any atom is 0.303 e. The molecular formula is C25H26FNO7. The minimum Gasteiger partial charge on any atom is -0.507 e. The van der Waals surface area contributed by atoms with Crippen LogP contribution in [0.15, 0.2) is 48.0 Å². The van der Waals surface area contributed by atoms with Crippen LogP contribution in [0.4, 0.5) is 4.39 Å². The summed E-state index contributed by atoms with van der Waals surface area (Å²) in [6.45, 7) is 0.171. The van der Waals surface area contributed by atoms with E-state index < -0.39 is 35.3 Å². The average Bonchev–Trinajstić information content (AvgIpc) is 3.08. The molecule has 0 spiro atoms. The SMILES string of the molecule is COc1ccc(C2/C(=C(\O)c3ccc(F)cc3)C(=O)C(=O)N2CCCCCC(=O)O)c(OC)c1. The van der Waals surface area contributed by atoms with Gasteiger partial charge in [-0.25, -0.2) is 4.39 Å². The van der Waals surface area contributed by atoms with Crippen LogP contribution in [0.2, 0.25) is 0 Å². The first kappa shape index (κ1) is 24.8. The highest BCUT2D eigenvalue weighted by Gasteiger charge is 2.46. The third kappa shape index (κ3) is 5.19. The fraction of sp³-hybridized carbons (Fsp3) is 0.320. The molecule has 180 valence electrons. The number of carboxylic acids is 1. The number of unbranched alkanes of at least 4 members (excludes halogenated alkanes) is 2. The molecule has 0 saturated carbocycles. The van der Waals surface area contributed by atoms with Crippen LogP contribution in [0.25, 0.3) is 5.76 Å². The Morgan fingerprint density at radius 3 is 2.32 bits per heavy atom. The molecule has 9 heteroatoms. The van der Waals surface area contributed by atoms with Crippen LogP contribution in [0.5, 0.6) is 11.5 Å². The monoisotopic (exact) mass is 471 g/mol. The second-order valence-corrected chi connectivity index (χ2v) is 7.81. The Morgan fingerprint density at radius 2 is 1.71 bits per heavy atom. The number of aliphatic carboxylic acids is 1. The molecule has 2 N–H and O–H groups in total. The molecule has 0 bridgehead atoms. The minimum absolute atomic E-state index is 0.0130. The first-order valence-electron chi connectivity index (χ1n) is 10.8. The number of nitrogens with zero attached hydrogens (tertiary/aromatic N) is 1. The van der Waals surface area contributed by atoms with Gasteiger partial charge in [-0.3, -0.25) is 14.4 Å². The summed E-state index contributed by atoms with van der Waals surface area (Å²) < 4.78 is 24.1. The molecule has 34 heavy (non-hydrogen) atoms. The van der Waals surface area contributed by atoms with Crippen molar-refractivity contribution in [2.75, 3.05) is 20.8 Å². The van der Waals surface area contributed by atoms with E-state index in [9.17, 15) is 23.9 Å². The van der Waals surface area contributed by atoms with Crippen LogP contribution in [0, 0.1) is 5.82 Å². The summed E-state index contributed by atoms with van der Waals surface area (Å²) >= 11 is 0. The molecule has 1 amide bonds. The zero-order chi connectivity index (χ0) is 24.8. The number of benzene rings is 2. The van der Waals surface area contributed by atoms with Gasteiger partial charge >= 0.3 is 5.97 Å². The summed E-state index contributed by atoms with van der Waals surface area (Å²) in [5.74, 6) is -2.62. The predicted octanol–water partition coefficient (Wildman–Crippen LogP) is 3.91. The summed E-state index contributed by atoms with van der Waals surface area (Å²) in [5, 5.41) is 19.8. The smallest absolute Gasteiger partial charge is 0.303 e. The summed E-state index contributed by atoms with van der Waals surface area (Å²) in [5.41, 5.74) is 0.528. The highest BCUT2D eigenvalue weighted by atomic mass is 19.1. The van der Waals surface area contributed by atoms with Crippen LogP contribution in [-0.2, 0) is 14.4 Å². The van der Waals surface area contributed by atoms with Crippen molar-refractivity contribution in [3.8, 4) is 11.5 Å². The number of halogens is 1. The summed E-state index contributed by atoms with van der Waals surface area (Å²) in [4.78, 5) is 38.2. The van der Waals surface area contributed by atoms with Gasteiger partial charge < -0.3 is 24.6 Å². The molecule has 1 atom stereocenters. The van der Waals surface area contributed by atoms with Gasteiger partial charge in [0.05, 0.1) is 25.8 Å². The largest absolute Gasteiger partial charge is 0.507 e. The molecule has 1 unspecified atom stereocenters. The van der Waals surface area contributed by atoms with Crippen LogP contribution < -0.4 is 9.47 Å². The Balaban J connectivity index is 2.06. The lowest BCUT2D eigenvalue weighted by Gasteiger charge is -2.27. The molecule has 2 aromatic rings. The quantitative estimate of drug-likeness (QED) is 0.234. The van der Waals surface area contributed by atoms with E-state index in [0.29, 0.717) is 36.3 Å². The molecule has 3 rings (SSSR count). The molecule has 0 radical (unpaired) electrons. The van der Waals surface area contributed by atoms with Gasteiger partial charge in [0.25, 0.3) is 11.7 Å². The van der Waals surface area contributed by atoms with Crippen LogP contribution >= 0.6 is 0 Å². The highest BCUT2D eigenvalue weighted by Crippen LogP contribution is 2.43. The molecule has 8 nitrogen and oxygen atoms in total. The third-order valence-corrected chi connectivity index (χ3v) is 5.68. The van der Waals surface area contributed by atoms with Crippen molar-refractivity contribution < 1.29 is 38.5 Å². The van der Waals surface area contributed by atoms with Crippen LogP contribution in [0.3, 0.4) is 0 Å². The van der Waals surface area contributed by atoms with Gasteiger partial charge in [-0.05, 0) is 49.2 Å². The Bertz CT molecular complexity index is 1110. The first-order chi connectivity index (χ1) is 16.3. The van der Waals surface area contributed by atoms with Crippen LogP contribution in [0.1, 0.15) is 42.9 Å². The number of carbonyl (C=O) groups is 3. The second kappa shape index (κ2) is 10.8. The number of hydrogen-bond donors (Lipinski definition) is 2. The number of aliphatic hydroxyl groups excluding tert-OH is 1. The van der Waals surface area contributed by atoms with E-state index in [1.54, 1.807) is 18.2 Å². The van der Waals surface area contributed by atoms with Gasteiger partial charge in [-0.1, -0.05) is 6.42 Å². The Morgan fingerprint density at radius 1 is 1.00 bits per heavy atom. The standard InChI is InChI=1S/C25H26FNO7/c1-33-17-11-12-18(19(14-17)34-2)22-21(23(30)15-7-9-16(26)10-8-15)24(31)25(32)27(22)13-5-3-4-6-20(28)29/h7-12,14,22,30H,3-6,13H2,1-2H3,(H,28,29)/b23-21+. The number of carboxylic acid groups (broad SMARTS) is 1. The number of ether oxygens (including phenoxy) is 2. The van der Waals surface area contributed by atoms with Crippen molar-refractivity contribution in [3.05, 3.63) is 65.0 Å². The van der Waals surface area contributed by atoms with Crippen molar-refractivity contribution in [1.29, 1.82) is 0 Å². The fourth-order valence-electron chi connectivity index (χ4n) is 3.98. The maximum absolute atomic E-state index is 13.4. The normalized spacial score (nSPS) is 17.1. The lowest BCUT2D eigenvalue weighted by Crippen LogP contribution is -2.31. The molecule has 2 aromatic carbocycles. The van der Waals surface area contributed by atoms with Gasteiger partial charge in [0.15, 0.2) is 0 Å². The van der Waals surface area contributed by atoms with E-state index in [4.69, 9.17) is 14.6 Å². The van der Waals surface area contributed by atoms with E-state index in [-0.39, 0.29) is 24.1 Å². The second-order valence-electron chi connectivity index (χ2n) is 7.81. The van der Waals surface area contributed by atoms with Gasteiger partial charge in [0.2, 0.25) is 0 Å². The number of ketones is 1.